The Morgan fingerprint density at radius 2 is 1.38 bits per heavy atom. The van der Waals surface area contributed by atoms with E-state index >= 15 is 0 Å². The average Bonchev–Trinajstić information content (AvgIpc) is 3.75. The third-order valence-electron chi connectivity index (χ3n) is 10.1. The molecule has 6 heteroatoms. The van der Waals surface area contributed by atoms with Gasteiger partial charge >= 0.3 is 0 Å². The summed E-state index contributed by atoms with van der Waals surface area (Å²) in [4.78, 5) is 14.6. The van der Waals surface area contributed by atoms with Gasteiger partial charge in [-0.2, -0.15) is 0 Å². The van der Waals surface area contributed by atoms with Gasteiger partial charge in [-0.15, -0.1) is 64.9 Å². The maximum atomic E-state index is 6.65. The Hall–Kier alpha value is -4.48. The van der Waals surface area contributed by atoms with Gasteiger partial charge in [0, 0.05) is 43.3 Å². The molecule has 0 saturated carbocycles. The number of hydrogen-bond acceptors (Lipinski definition) is 5. The summed E-state index contributed by atoms with van der Waals surface area (Å²) in [5.74, 6) is 0. The van der Waals surface area contributed by atoms with Crippen molar-refractivity contribution in [3.63, 3.8) is 0 Å². The Bertz CT molecular complexity index is 2680. The Kier molecular flexibility index (Phi) is 12.4. The van der Waals surface area contributed by atoms with E-state index in [2.05, 4.69) is 173 Å². The first-order valence-corrected chi connectivity index (χ1v) is 20.8. The van der Waals surface area contributed by atoms with Crippen molar-refractivity contribution in [3.8, 4) is 33.6 Å². The van der Waals surface area contributed by atoms with Gasteiger partial charge in [0.25, 0.3) is 0 Å². The molecule has 0 aliphatic heterocycles. The second-order valence-electron chi connectivity index (χ2n) is 19.1. The summed E-state index contributed by atoms with van der Waals surface area (Å²) in [6, 6.07) is 34.3. The minimum atomic E-state index is -0.0101. The standard InChI is InChI=1S/C35H35N2OS.C17H20N.Ir/c1-20-11-9-12-21(2)29(20)26-17-27(36-19-22(26)18-34(3,4)5)25-14-10-13-23-24-15-16-28-30(32(24)38-31(23)25)37-33(39-28)35(6,7)8;1-13-5-8-15(9-6-13)16-10-7-14(12-18-16)11-17(2,3)4;/h9-13,15-17,19H,18H2,1-8H3;5-8,10,12H,11H2,1-4H3;/q2*-1;. The Morgan fingerprint density at radius 3 is 2.00 bits per heavy atom. The molecular weight excluding hydrogens is 907 g/mol. The molecule has 0 atom stereocenters. The first-order valence-electron chi connectivity index (χ1n) is 20.0. The van der Waals surface area contributed by atoms with Gasteiger partial charge in [0.15, 0.2) is 0 Å². The zero-order valence-corrected chi connectivity index (χ0v) is 39.3. The minimum absolute atomic E-state index is 0. The molecule has 0 amide bonds. The van der Waals surface area contributed by atoms with E-state index in [9.17, 15) is 0 Å². The van der Waals surface area contributed by atoms with Crippen LogP contribution in [0, 0.1) is 43.7 Å². The largest absolute Gasteiger partial charge is 0.498 e. The summed E-state index contributed by atoms with van der Waals surface area (Å²) < 4.78 is 7.81. The van der Waals surface area contributed by atoms with Gasteiger partial charge in [0.1, 0.15) is 11.1 Å². The van der Waals surface area contributed by atoms with Crippen molar-refractivity contribution in [1.29, 1.82) is 0 Å². The van der Waals surface area contributed by atoms with Crippen molar-refractivity contribution >= 4 is 43.5 Å². The molecule has 0 unspecified atom stereocenters. The van der Waals surface area contributed by atoms with Crippen LogP contribution in [0.3, 0.4) is 0 Å². The van der Waals surface area contributed by atoms with Crippen LogP contribution in [0.25, 0.3) is 65.8 Å². The molecule has 0 aliphatic carbocycles. The van der Waals surface area contributed by atoms with Crippen molar-refractivity contribution in [1.82, 2.24) is 15.0 Å². The summed E-state index contributed by atoms with van der Waals surface area (Å²) in [5, 5.41) is 3.27. The molecule has 8 rings (SSSR count). The molecule has 4 aromatic heterocycles. The van der Waals surface area contributed by atoms with Gasteiger partial charge < -0.3 is 14.4 Å². The summed E-state index contributed by atoms with van der Waals surface area (Å²) in [6.07, 6.45) is 6.04. The SMILES string of the molecule is Cc1c[c-]c(-c2ccc(CC(C)(C)C)cn2)cc1.Cc1cccc(C)c1-c1cc(-c2[c-]ccc3c2oc2c3ccc3sc(C(C)(C)C)nc32)ncc1CC(C)(C)C.[Ir]. The zero-order chi connectivity index (χ0) is 40.9. The van der Waals surface area contributed by atoms with Gasteiger partial charge in [0.05, 0.1) is 15.3 Å². The van der Waals surface area contributed by atoms with Crippen LogP contribution in [0.4, 0.5) is 0 Å². The monoisotopic (exact) mass is 962 g/mol. The Morgan fingerprint density at radius 1 is 0.690 bits per heavy atom. The van der Waals surface area contributed by atoms with Crippen molar-refractivity contribution in [3.05, 3.63) is 136 Å². The predicted octanol–water partition coefficient (Wildman–Crippen LogP) is 14.7. The fourth-order valence-electron chi connectivity index (χ4n) is 7.47. The van der Waals surface area contributed by atoms with E-state index in [1.54, 1.807) is 11.3 Å². The van der Waals surface area contributed by atoms with Crippen LogP contribution in [0.2, 0.25) is 0 Å². The minimum Gasteiger partial charge on any atom is -0.498 e. The van der Waals surface area contributed by atoms with E-state index in [4.69, 9.17) is 14.4 Å². The zero-order valence-electron chi connectivity index (χ0n) is 36.1. The number of rotatable bonds is 5. The molecule has 0 saturated heterocycles. The number of furan rings is 1. The topological polar surface area (TPSA) is 51.8 Å². The number of pyridine rings is 2. The van der Waals surface area contributed by atoms with Crippen LogP contribution < -0.4 is 0 Å². The van der Waals surface area contributed by atoms with E-state index in [0.717, 1.165) is 72.5 Å². The maximum Gasteiger partial charge on any atom is 0.148 e. The molecule has 301 valence electrons. The number of benzene rings is 4. The van der Waals surface area contributed by atoms with Gasteiger partial charge in [-0.1, -0.05) is 123 Å². The van der Waals surface area contributed by atoms with E-state index in [1.165, 1.54) is 38.9 Å². The van der Waals surface area contributed by atoms with E-state index < -0.39 is 0 Å². The first-order chi connectivity index (χ1) is 26.8. The molecule has 0 N–H and O–H groups in total. The smallest absolute Gasteiger partial charge is 0.148 e. The van der Waals surface area contributed by atoms with E-state index in [-0.39, 0.29) is 30.9 Å². The molecule has 58 heavy (non-hydrogen) atoms. The number of thiazole rings is 1. The number of fused-ring (bicyclic) bond motifs is 5. The van der Waals surface area contributed by atoms with Crippen LogP contribution in [0.1, 0.15) is 95.1 Å². The molecule has 1 radical (unpaired) electrons. The second kappa shape index (κ2) is 16.6. The number of nitrogens with zero attached hydrogens (tertiary/aromatic N) is 3. The third kappa shape index (κ3) is 9.52. The van der Waals surface area contributed by atoms with Crippen molar-refractivity contribution in [2.45, 2.75) is 101 Å². The van der Waals surface area contributed by atoms with Crippen LogP contribution in [0.5, 0.6) is 0 Å². The van der Waals surface area contributed by atoms with Crippen molar-refractivity contribution < 1.29 is 24.5 Å². The molecule has 4 heterocycles. The third-order valence-corrected chi connectivity index (χ3v) is 11.6. The fourth-order valence-corrected chi connectivity index (χ4v) is 8.49. The van der Waals surface area contributed by atoms with Crippen LogP contribution in [-0.4, -0.2) is 15.0 Å². The molecule has 0 aliphatic rings. The fraction of sp³-hybridized carbons (Fsp3) is 0.327. The number of aromatic nitrogens is 3. The van der Waals surface area contributed by atoms with Crippen LogP contribution in [-0.2, 0) is 38.4 Å². The molecule has 0 bridgehead atoms. The Labute approximate surface area is 362 Å². The van der Waals surface area contributed by atoms with E-state index in [0.29, 0.717) is 5.41 Å². The van der Waals surface area contributed by atoms with Gasteiger partial charge in [-0.3, -0.25) is 0 Å². The van der Waals surface area contributed by atoms with E-state index in [1.807, 2.05) is 18.3 Å². The number of aryl methyl sites for hydroxylation is 3. The summed E-state index contributed by atoms with van der Waals surface area (Å²) >= 11 is 1.75. The predicted molar refractivity (Wildman–Crippen MR) is 242 cm³/mol. The second-order valence-corrected chi connectivity index (χ2v) is 20.1. The molecule has 8 aromatic rings. The van der Waals surface area contributed by atoms with Crippen molar-refractivity contribution in [2.75, 3.05) is 0 Å². The molecule has 0 spiro atoms. The van der Waals surface area contributed by atoms with Gasteiger partial charge in [-0.05, 0) is 88.4 Å². The molecular formula is C52H55IrN3OS-2. The quantitative estimate of drug-likeness (QED) is 0.161. The van der Waals surface area contributed by atoms with Gasteiger partial charge in [-0.25, -0.2) is 4.98 Å². The molecule has 4 nitrogen and oxygen atoms in total. The summed E-state index contributed by atoms with van der Waals surface area (Å²) in [5.41, 5.74) is 15.7. The van der Waals surface area contributed by atoms with Gasteiger partial charge in [0.2, 0.25) is 0 Å². The molecule has 0 fully saturated rings. The maximum absolute atomic E-state index is 6.65. The Balaban J connectivity index is 0.000000251. The summed E-state index contributed by atoms with van der Waals surface area (Å²) in [7, 11) is 0. The molecule has 4 aromatic carbocycles. The summed E-state index contributed by atoms with van der Waals surface area (Å²) in [6.45, 7) is 26.6. The van der Waals surface area contributed by atoms with Crippen LogP contribution >= 0.6 is 11.3 Å². The van der Waals surface area contributed by atoms with Crippen molar-refractivity contribution in [2.24, 2.45) is 10.8 Å². The normalized spacial score (nSPS) is 12.1. The number of hydrogen-bond donors (Lipinski definition) is 0. The first kappa shape index (κ1) is 43.1. The average molecular weight is 962 g/mol. The van der Waals surface area contributed by atoms with Crippen LogP contribution in [0.15, 0.2) is 95.7 Å².